The molecule has 0 bridgehead atoms. The first-order valence-corrected chi connectivity index (χ1v) is 14.0. The lowest BCUT2D eigenvalue weighted by atomic mass is 10.1. The van der Waals surface area contributed by atoms with Gasteiger partial charge in [-0.3, -0.25) is 9.69 Å². The predicted octanol–water partition coefficient (Wildman–Crippen LogP) is 8.59. The molecule has 0 unspecified atom stereocenters. The van der Waals surface area contributed by atoms with Crippen molar-refractivity contribution in [2.75, 3.05) is 18.1 Å². The first kappa shape index (κ1) is 28.1. The highest BCUT2D eigenvalue weighted by atomic mass is 79.9. The van der Waals surface area contributed by atoms with Crippen molar-refractivity contribution in [1.82, 2.24) is 0 Å². The number of thioether (sulfide) groups is 1. The van der Waals surface area contributed by atoms with Crippen LogP contribution in [0.1, 0.15) is 23.6 Å². The number of aliphatic imine (C=N–C) groups is 1. The van der Waals surface area contributed by atoms with E-state index in [0.717, 1.165) is 16.7 Å². The molecule has 4 rings (SSSR count). The monoisotopic (exact) mass is 628 g/mol. The number of carbonyl (C=O) groups excluding carboxylic acids is 1. The lowest BCUT2D eigenvalue weighted by Crippen LogP contribution is -2.28. The smallest absolute Gasteiger partial charge is 0.271 e. The van der Waals surface area contributed by atoms with Gasteiger partial charge in [-0.05, 0) is 108 Å². The number of ether oxygens (including phenoxy) is 2. The minimum absolute atomic E-state index is 0.102. The third kappa shape index (κ3) is 6.22. The molecule has 194 valence electrons. The molecule has 1 fully saturated rings. The van der Waals surface area contributed by atoms with E-state index in [4.69, 9.17) is 44.1 Å². The van der Waals surface area contributed by atoms with Crippen LogP contribution in [0.25, 0.3) is 6.08 Å². The van der Waals surface area contributed by atoms with Gasteiger partial charge in [0.15, 0.2) is 16.7 Å². The molecular weight excluding hydrogens is 607 g/mol. The molecule has 1 heterocycles. The molecule has 3 aromatic carbocycles. The van der Waals surface area contributed by atoms with E-state index in [2.05, 4.69) is 21.9 Å². The van der Waals surface area contributed by atoms with Crippen LogP contribution in [0.2, 0.25) is 10.0 Å². The SMILES string of the molecule is C#CCOc1c(Br)cc(/C=C2/SC(=Nc3ccc(C)c(Cl)c3)N(c3ccc(C)c(Cl)c3)C2=O)cc1OCC. The number of halogens is 3. The maximum Gasteiger partial charge on any atom is 0.271 e. The molecule has 0 saturated carbocycles. The normalized spacial score (nSPS) is 15.3. The van der Waals surface area contributed by atoms with Crippen LogP contribution >= 0.6 is 50.9 Å². The minimum atomic E-state index is -0.228. The molecule has 0 aromatic heterocycles. The standard InChI is InChI=1S/C29H23BrCl2N2O3S/c1-5-11-37-27-22(30)12-19(13-25(27)36-6-2)14-26-28(35)34(21-10-8-18(4)24(32)16-21)29(38-26)33-20-9-7-17(3)23(31)15-20/h1,7-10,12-16H,6,11H2,2-4H3/b26-14+,33-29?. The Kier molecular flexibility index (Phi) is 9.11. The average Bonchev–Trinajstić information content (AvgIpc) is 3.17. The van der Waals surface area contributed by atoms with Crippen LogP contribution in [0.5, 0.6) is 11.5 Å². The van der Waals surface area contributed by atoms with Gasteiger partial charge in [0.1, 0.15) is 6.61 Å². The number of anilines is 1. The van der Waals surface area contributed by atoms with Crippen LogP contribution in [0.3, 0.4) is 0 Å². The molecule has 1 aliphatic rings. The summed E-state index contributed by atoms with van der Waals surface area (Å²) in [5, 5.41) is 1.64. The molecule has 1 amide bonds. The van der Waals surface area contributed by atoms with Crippen molar-refractivity contribution in [2.45, 2.75) is 20.8 Å². The summed E-state index contributed by atoms with van der Waals surface area (Å²) in [5.41, 5.74) is 3.85. The predicted molar refractivity (Wildman–Crippen MR) is 162 cm³/mol. The van der Waals surface area contributed by atoms with Crippen molar-refractivity contribution in [2.24, 2.45) is 4.99 Å². The highest BCUT2D eigenvalue weighted by molar-refractivity contribution is 9.10. The first-order chi connectivity index (χ1) is 18.2. The Balaban J connectivity index is 1.79. The van der Waals surface area contributed by atoms with Crippen molar-refractivity contribution < 1.29 is 14.3 Å². The molecule has 0 atom stereocenters. The Hall–Kier alpha value is -2.89. The maximum atomic E-state index is 13.7. The van der Waals surface area contributed by atoms with Crippen LogP contribution < -0.4 is 14.4 Å². The van der Waals surface area contributed by atoms with Crippen LogP contribution in [0.4, 0.5) is 11.4 Å². The van der Waals surface area contributed by atoms with Crippen LogP contribution in [0.15, 0.2) is 62.9 Å². The van der Waals surface area contributed by atoms with E-state index in [1.807, 2.05) is 57.2 Å². The quantitative estimate of drug-likeness (QED) is 0.194. The van der Waals surface area contributed by atoms with Gasteiger partial charge in [0, 0.05) is 10.0 Å². The second-order valence-electron chi connectivity index (χ2n) is 8.27. The number of benzene rings is 3. The van der Waals surface area contributed by atoms with Gasteiger partial charge >= 0.3 is 0 Å². The van der Waals surface area contributed by atoms with E-state index in [0.29, 0.717) is 54.1 Å². The van der Waals surface area contributed by atoms with Crippen molar-refractivity contribution in [1.29, 1.82) is 0 Å². The summed E-state index contributed by atoms with van der Waals surface area (Å²) < 4.78 is 12.1. The topological polar surface area (TPSA) is 51.1 Å². The number of carbonyl (C=O) groups is 1. The number of hydrogen-bond acceptors (Lipinski definition) is 5. The number of nitrogens with zero attached hydrogens (tertiary/aromatic N) is 2. The number of hydrogen-bond donors (Lipinski definition) is 0. The molecule has 0 radical (unpaired) electrons. The molecule has 9 heteroatoms. The Bertz CT molecular complexity index is 1510. The summed E-state index contributed by atoms with van der Waals surface area (Å²) in [6.07, 6.45) is 7.14. The van der Waals surface area contributed by atoms with Gasteiger partial charge in [0.2, 0.25) is 0 Å². The molecule has 1 aliphatic heterocycles. The molecule has 0 spiro atoms. The minimum Gasteiger partial charge on any atom is -0.490 e. The van der Waals surface area contributed by atoms with Gasteiger partial charge in [-0.15, -0.1) is 6.42 Å². The third-order valence-electron chi connectivity index (χ3n) is 5.53. The third-order valence-corrected chi connectivity index (χ3v) is 7.90. The van der Waals surface area contributed by atoms with E-state index >= 15 is 0 Å². The second-order valence-corrected chi connectivity index (χ2v) is 10.9. The summed E-state index contributed by atoms with van der Waals surface area (Å²) in [7, 11) is 0. The highest BCUT2D eigenvalue weighted by Crippen LogP contribution is 2.41. The van der Waals surface area contributed by atoms with E-state index in [1.54, 1.807) is 23.1 Å². The Morgan fingerprint density at radius 3 is 2.45 bits per heavy atom. The number of amides is 1. The summed E-state index contributed by atoms with van der Waals surface area (Å²) >= 11 is 17.5. The van der Waals surface area contributed by atoms with Gasteiger partial charge in [-0.25, -0.2) is 4.99 Å². The van der Waals surface area contributed by atoms with Crippen molar-refractivity contribution in [3.05, 3.63) is 84.6 Å². The number of aryl methyl sites for hydroxylation is 2. The van der Waals surface area contributed by atoms with Gasteiger partial charge in [-0.2, -0.15) is 0 Å². The first-order valence-electron chi connectivity index (χ1n) is 11.6. The fourth-order valence-electron chi connectivity index (χ4n) is 3.60. The summed E-state index contributed by atoms with van der Waals surface area (Å²) in [6, 6.07) is 14.7. The van der Waals surface area contributed by atoms with Crippen LogP contribution in [-0.2, 0) is 4.79 Å². The van der Waals surface area contributed by atoms with Crippen LogP contribution in [0, 0.1) is 26.2 Å². The Morgan fingerprint density at radius 1 is 1.08 bits per heavy atom. The molecule has 3 aromatic rings. The number of amidine groups is 1. The Morgan fingerprint density at radius 2 is 1.79 bits per heavy atom. The van der Waals surface area contributed by atoms with Gasteiger partial charge < -0.3 is 9.47 Å². The number of terminal acetylenes is 1. The highest BCUT2D eigenvalue weighted by Gasteiger charge is 2.35. The molecule has 1 saturated heterocycles. The molecule has 5 nitrogen and oxygen atoms in total. The van der Waals surface area contributed by atoms with Crippen molar-refractivity contribution in [3.8, 4) is 23.8 Å². The second kappa shape index (κ2) is 12.3. The molecular formula is C29H23BrCl2N2O3S. The largest absolute Gasteiger partial charge is 0.490 e. The zero-order valence-electron chi connectivity index (χ0n) is 20.8. The summed E-state index contributed by atoms with van der Waals surface area (Å²) in [5.74, 6) is 3.25. The molecule has 38 heavy (non-hydrogen) atoms. The van der Waals surface area contributed by atoms with Crippen molar-refractivity contribution >= 4 is 79.4 Å². The fourth-order valence-corrected chi connectivity index (χ4v) is 5.52. The lowest BCUT2D eigenvalue weighted by molar-refractivity contribution is -0.113. The van der Waals surface area contributed by atoms with Crippen LogP contribution in [-0.4, -0.2) is 24.3 Å². The molecule has 0 aliphatic carbocycles. The van der Waals surface area contributed by atoms with E-state index in [9.17, 15) is 4.79 Å². The van der Waals surface area contributed by atoms with Gasteiger partial charge in [-0.1, -0.05) is 41.3 Å². The van der Waals surface area contributed by atoms with E-state index in [-0.39, 0.29) is 12.5 Å². The number of rotatable bonds is 7. The average molecular weight is 630 g/mol. The van der Waals surface area contributed by atoms with Crippen molar-refractivity contribution in [3.63, 3.8) is 0 Å². The van der Waals surface area contributed by atoms with Gasteiger partial charge in [0.05, 0.1) is 27.4 Å². The lowest BCUT2D eigenvalue weighted by Gasteiger charge is -2.17. The zero-order valence-corrected chi connectivity index (χ0v) is 24.8. The fraction of sp³-hybridized carbons (Fsp3) is 0.172. The van der Waals surface area contributed by atoms with Gasteiger partial charge in [0.25, 0.3) is 5.91 Å². The van der Waals surface area contributed by atoms with E-state index in [1.165, 1.54) is 11.8 Å². The zero-order chi connectivity index (χ0) is 27.4. The summed E-state index contributed by atoms with van der Waals surface area (Å²) in [4.78, 5) is 20.5. The summed E-state index contributed by atoms with van der Waals surface area (Å²) in [6.45, 7) is 6.25. The molecule has 0 N–H and O–H groups in total. The maximum absolute atomic E-state index is 13.7. The Labute approximate surface area is 245 Å². The van der Waals surface area contributed by atoms with E-state index < -0.39 is 0 Å².